The van der Waals surface area contributed by atoms with Gasteiger partial charge in [0.1, 0.15) is 41.0 Å². The van der Waals surface area contributed by atoms with Crippen molar-refractivity contribution in [1.82, 2.24) is 19.9 Å². The summed E-state index contributed by atoms with van der Waals surface area (Å²) in [6, 6.07) is 3.92. The van der Waals surface area contributed by atoms with Gasteiger partial charge in [-0.1, -0.05) is 13.8 Å². The molecule has 0 amide bonds. The molecule has 1 aromatic carbocycles. The summed E-state index contributed by atoms with van der Waals surface area (Å²) in [6.45, 7) is 6.41. The summed E-state index contributed by atoms with van der Waals surface area (Å²) in [4.78, 5) is 17.5. The quantitative estimate of drug-likeness (QED) is 0.220. The number of nitrogens with two attached hydrogens (primary N) is 1. The summed E-state index contributed by atoms with van der Waals surface area (Å²) in [6.07, 6.45) is -0.853. The molecule has 2 N–H and O–H groups in total. The normalized spacial score (nSPS) is 25.3. The van der Waals surface area contributed by atoms with Crippen molar-refractivity contribution in [2.45, 2.75) is 63.8 Å². The minimum Gasteiger partial charge on any atom is -0.461 e. The van der Waals surface area contributed by atoms with Crippen LogP contribution in [0.1, 0.15) is 57.1 Å². The summed E-state index contributed by atoms with van der Waals surface area (Å²) in [7, 11) is 0. The lowest BCUT2D eigenvalue weighted by atomic mass is 9.95. The molecule has 248 valence electrons. The molecule has 3 aliphatic rings. The summed E-state index contributed by atoms with van der Waals surface area (Å²) < 4.78 is 81.4. The molecule has 3 aromatic heterocycles. The van der Waals surface area contributed by atoms with Gasteiger partial charge in [-0.2, -0.15) is 28.4 Å². The van der Waals surface area contributed by atoms with Gasteiger partial charge in [-0.25, -0.2) is 8.78 Å². The first-order valence-electron chi connectivity index (χ1n) is 15.8. The number of alkyl halides is 4. The second-order valence-electron chi connectivity index (χ2n) is 13.4. The van der Waals surface area contributed by atoms with Crippen LogP contribution < -0.4 is 15.4 Å². The van der Waals surface area contributed by atoms with Gasteiger partial charge in [-0.05, 0) is 56.2 Å². The number of hydrogen-bond acceptors (Lipinski definition) is 9. The Hall–Kier alpha value is -3.83. The number of nitriles is 1. The molecule has 4 aromatic rings. The van der Waals surface area contributed by atoms with Crippen LogP contribution in [0.25, 0.3) is 32.2 Å². The number of anilines is 2. The van der Waals surface area contributed by atoms with Crippen LogP contribution in [-0.2, 0) is 6.18 Å². The number of thiophene rings is 1. The first kappa shape index (κ1) is 31.8. The Morgan fingerprint density at radius 1 is 1.15 bits per heavy atom. The highest BCUT2D eigenvalue weighted by Gasteiger charge is 2.49. The largest absolute Gasteiger partial charge is 0.461 e. The fraction of sp³-hybridized carbons (Fsp3) is 0.515. The predicted octanol–water partition coefficient (Wildman–Crippen LogP) is 7.35. The number of benzene rings is 1. The fourth-order valence-corrected chi connectivity index (χ4v) is 8.68. The van der Waals surface area contributed by atoms with Crippen molar-refractivity contribution in [1.29, 1.82) is 5.26 Å². The average molecular weight is 672 g/mol. The van der Waals surface area contributed by atoms with E-state index in [-0.39, 0.29) is 68.3 Å². The molecule has 0 spiro atoms. The third kappa shape index (κ3) is 5.51. The molecular formula is C33H34F5N7OS. The van der Waals surface area contributed by atoms with E-state index in [4.69, 9.17) is 15.5 Å². The maximum Gasteiger partial charge on any atom is 0.420 e. The van der Waals surface area contributed by atoms with Crippen molar-refractivity contribution in [3.05, 3.63) is 35.3 Å². The van der Waals surface area contributed by atoms with Gasteiger partial charge >= 0.3 is 12.2 Å². The van der Waals surface area contributed by atoms with Crippen LogP contribution in [0.4, 0.5) is 32.8 Å². The number of pyridine rings is 1. The van der Waals surface area contributed by atoms with Crippen molar-refractivity contribution >= 4 is 43.1 Å². The van der Waals surface area contributed by atoms with Crippen LogP contribution in [0, 0.1) is 29.0 Å². The Bertz CT molecular complexity index is 1900. The topological polar surface area (TPSA) is 104 Å². The van der Waals surface area contributed by atoms with Gasteiger partial charge in [0.2, 0.25) is 0 Å². The molecular weight excluding hydrogens is 637 g/mol. The Morgan fingerprint density at radius 2 is 1.89 bits per heavy atom. The van der Waals surface area contributed by atoms with E-state index < -0.39 is 40.5 Å². The number of nitrogen functional groups attached to an aromatic ring is 1. The maximum absolute atomic E-state index is 15.3. The Morgan fingerprint density at radius 3 is 2.60 bits per heavy atom. The van der Waals surface area contributed by atoms with Crippen LogP contribution in [0.15, 0.2) is 18.3 Å². The Balaban J connectivity index is 1.45. The lowest BCUT2D eigenvalue weighted by Gasteiger charge is -2.31. The molecule has 2 unspecified atom stereocenters. The van der Waals surface area contributed by atoms with E-state index in [9.17, 15) is 14.0 Å². The van der Waals surface area contributed by atoms with Crippen LogP contribution in [0.3, 0.4) is 0 Å². The van der Waals surface area contributed by atoms with Gasteiger partial charge < -0.3 is 15.4 Å². The summed E-state index contributed by atoms with van der Waals surface area (Å²) in [5.74, 6) is 0.0993. The summed E-state index contributed by atoms with van der Waals surface area (Å²) >= 11 is 0.796. The lowest BCUT2D eigenvalue weighted by Crippen LogP contribution is -2.43. The molecule has 4 atom stereocenters. The molecule has 0 saturated carbocycles. The molecule has 8 nitrogen and oxygen atoms in total. The highest BCUT2D eigenvalue weighted by Crippen LogP contribution is 2.47. The molecule has 0 aliphatic carbocycles. The maximum atomic E-state index is 15.3. The minimum absolute atomic E-state index is 0.00402. The second-order valence-corrected chi connectivity index (χ2v) is 14.4. The molecule has 6 heterocycles. The van der Waals surface area contributed by atoms with Crippen molar-refractivity contribution in [2.75, 3.05) is 43.4 Å². The Kier molecular flexibility index (Phi) is 7.90. The summed E-state index contributed by atoms with van der Waals surface area (Å²) in [5.41, 5.74) is 3.17. The molecule has 3 aliphatic heterocycles. The van der Waals surface area contributed by atoms with Crippen LogP contribution in [0.2, 0.25) is 0 Å². The zero-order valence-electron chi connectivity index (χ0n) is 26.0. The van der Waals surface area contributed by atoms with E-state index in [2.05, 4.69) is 28.7 Å². The zero-order chi connectivity index (χ0) is 33.2. The standard InChI is InChI=1S/C33H34F5N7OS/c1-17-4-5-18(2)14-44(13-17)30-22-12-41-26(20-6-7-23(35)28-24(20)21(11-39)29(40)47-28)25(33(36,37)38)27(22)42-31(43-30)46-16-32-8-3-9-45(32)15-19(34)10-32/h6-7,12,17-19H,3-5,8-10,13-16,40H2,1-2H3/t17?,18?,19-,32+/m1/s1. The number of halogens is 5. The predicted molar refractivity (Wildman–Crippen MR) is 171 cm³/mol. The molecule has 47 heavy (non-hydrogen) atoms. The van der Waals surface area contributed by atoms with E-state index in [0.717, 1.165) is 43.2 Å². The monoisotopic (exact) mass is 671 g/mol. The molecule has 0 radical (unpaired) electrons. The van der Waals surface area contributed by atoms with Gasteiger partial charge in [0.05, 0.1) is 32.4 Å². The molecule has 0 bridgehead atoms. The van der Waals surface area contributed by atoms with Gasteiger partial charge in [-0.3, -0.25) is 9.88 Å². The van der Waals surface area contributed by atoms with Crippen LogP contribution in [-0.4, -0.2) is 64.3 Å². The number of rotatable bonds is 5. The third-order valence-electron chi connectivity index (χ3n) is 9.92. The van der Waals surface area contributed by atoms with Gasteiger partial charge in [0.25, 0.3) is 0 Å². The fourth-order valence-electron chi connectivity index (χ4n) is 7.73. The smallest absolute Gasteiger partial charge is 0.420 e. The van der Waals surface area contributed by atoms with Gasteiger partial charge in [-0.15, -0.1) is 11.3 Å². The van der Waals surface area contributed by atoms with Crippen LogP contribution >= 0.6 is 11.3 Å². The SMILES string of the molecule is CC1CCC(C)CN(c2nc(OC[C@@]34CCCN3C[C@H](F)C4)nc3c(C(F)(F)F)c(-c4ccc(F)c5sc(N)c(C#N)c45)ncc23)C1. The van der Waals surface area contributed by atoms with Crippen LogP contribution in [0.5, 0.6) is 6.01 Å². The van der Waals surface area contributed by atoms with E-state index >= 15 is 13.2 Å². The second kappa shape index (κ2) is 11.7. The van der Waals surface area contributed by atoms with Crippen molar-refractivity contribution in [2.24, 2.45) is 11.8 Å². The third-order valence-corrected chi connectivity index (χ3v) is 10.9. The number of aromatic nitrogens is 3. The number of fused-ring (bicyclic) bond motifs is 3. The first-order valence-corrected chi connectivity index (χ1v) is 16.7. The van der Waals surface area contributed by atoms with Crippen molar-refractivity contribution in [3.63, 3.8) is 0 Å². The van der Waals surface area contributed by atoms with Crippen molar-refractivity contribution in [3.8, 4) is 23.3 Å². The highest BCUT2D eigenvalue weighted by atomic mass is 32.1. The van der Waals surface area contributed by atoms with Crippen molar-refractivity contribution < 1.29 is 26.7 Å². The molecule has 14 heteroatoms. The Labute approximate surface area is 272 Å². The van der Waals surface area contributed by atoms with E-state index in [1.54, 1.807) is 0 Å². The molecule has 3 saturated heterocycles. The molecule has 3 fully saturated rings. The number of hydrogen-bond donors (Lipinski definition) is 1. The van der Waals surface area contributed by atoms with E-state index in [1.807, 2.05) is 11.0 Å². The van der Waals surface area contributed by atoms with Gasteiger partial charge in [0.15, 0.2) is 0 Å². The number of ether oxygens (including phenoxy) is 1. The highest BCUT2D eigenvalue weighted by molar-refractivity contribution is 7.23. The first-order chi connectivity index (χ1) is 22.4. The number of nitrogens with zero attached hydrogens (tertiary/aromatic N) is 6. The summed E-state index contributed by atoms with van der Waals surface area (Å²) in [5, 5.41) is 9.89. The lowest BCUT2D eigenvalue weighted by molar-refractivity contribution is -0.136. The zero-order valence-corrected chi connectivity index (χ0v) is 26.8. The minimum atomic E-state index is -4.97. The average Bonchev–Trinajstić information content (AvgIpc) is 3.62. The van der Waals surface area contributed by atoms with E-state index in [1.165, 1.54) is 12.3 Å². The van der Waals surface area contributed by atoms with E-state index in [0.29, 0.717) is 26.1 Å². The van der Waals surface area contributed by atoms with Gasteiger partial charge in [0, 0.05) is 43.2 Å². The molecule has 7 rings (SSSR count).